The van der Waals surface area contributed by atoms with Crippen LogP contribution in [0.4, 0.5) is 10.1 Å². The maximum atomic E-state index is 14.2. The Kier molecular flexibility index (Phi) is 9.60. The zero-order chi connectivity index (χ0) is 20.8. The van der Waals surface area contributed by atoms with Crippen molar-refractivity contribution in [3.05, 3.63) is 29.6 Å². The van der Waals surface area contributed by atoms with E-state index in [1.165, 1.54) is 0 Å². The first-order valence-corrected chi connectivity index (χ1v) is 10.4. The van der Waals surface area contributed by atoms with E-state index in [9.17, 15) is 9.18 Å². The van der Waals surface area contributed by atoms with Crippen LogP contribution in [0.2, 0.25) is 0 Å². The maximum Gasteiger partial charge on any atom is 0.251 e. The number of amides is 1. The first kappa shape index (κ1) is 24.6. The summed E-state index contributed by atoms with van der Waals surface area (Å²) in [4.78, 5) is 23.0. The number of nitrogens with zero attached hydrogens (tertiary/aromatic N) is 4. The normalized spacial score (nSPS) is 19.5. The Balaban J connectivity index is 0.00000320. The minimum Gasteiger partial charge on any atom is -0.375 e. The predicted octanol–water partition coefficient (Wildman–Crippen LogP) is 2.30. The molecule has 1 atom stereocenters. The van der Waals surface area contributed by atoms with E-state index in [0.717, 1.165) is 44.0 Å². The van der Waals surface area contributed by atoms with E-state index >= 15 is 0 Å². The van der Waals surface area contributed by atoms with Crippen LogP contribution < -0.4 is 10.2 Å². The molecule has 7 nitrogen and oxygen atoms in total. The molecule has 3 rings (SSSR count). The minimum absolute atomic E-state index is 0. The molecule has 1 aromatic rings. The quantitative estimate of drug-likeness (QED) is 0.358. The van der Waals surface area contributed by atoms with E-state index in [1.54, 1.807) is 17.0 Å². The number of carbonyl (C=O) groups is 1. The SMILES string of the molecule is CCNC(=NCc1ccc(N(C)C)c(F)c1)N1CCN(C(=O)C2CCCO2)CC1.I. The topological polar surface area (TPSA) is 60.4 Å². The Hall–Kier alpha value is -1.62. The lowest BCUT2D eigenvalue weighted by molar-refractivity contribution is -0.142. The van der Waals surface area contributed by atoms with Crippen molar-refractivity contribution in [1.29, 1.82) is 0 Å². The largest absolute Gasteiger partial charge is 0.375 e. The molecule has 168 valence electrons. The number of hydrogen-bond acceptors (Lipinski definition) is 4. The van der Waals surface area contributed by atoms with Crippen LogP contribution in [0.15, 0.2) is 23.2 Å². The van der Waals surface area contributed by atoms with Gasteiger partial charge in [0.2, 0.25) is 0 Å². The molecule has 2 aliphatic heterocycles. The summed E-state index contributed by atoms with van der Waals surface area (Å²) in [6, 6.07) is 5.23. The summed E-state index contributed by atoms with van der Waals surface area (Å²) in [5.41, 5.74) is 1.40. The highest BCUT2D eigenvalue weighted by Crippen LogP contribution is 2.19. The van der Waals surface area contributed by atoms with Gasteiger partial charge in [-0.1, -0.05) is 6.07 Å². The molecular formula is C21H33FIN5O2. The van der Waals surface area contributed by atoms with Crippen molar-refractivity contribution in [2.24, 2.45) is 4.99 Å². The fraction of sp³-hybridized carbons (Fsp3) is 0.619. The van der Waals surface area contributed by atoms with E-state index in [4.69, 9.17) is 9.73 Å². The van der Waals surface area contributed by atoms with Gasteiger partial charge >= 0.3 is 0 Å². The third-order valence-corrected chi connectivity index (χ3v) is 5.34. The Morgan fingerprint density at radius 2 is 1.97 bits per heavy atom. The minimum atomic E-state index is -0.261. The van der Waals surface area contributed by atoms with Gasteiger partial charge in [0.1, 0.15) is 11.9 Å². The van der Waals surface area contributed by atoms with Gasteiger partial charge in [-0.05, 0) is 37.5 Å². The van der Waals surface area contributed by atoms with Gasteiger partial charge in [0, 0.05) is 53.4 Å². The second-order valence-electron chi connectivity index (χ2n) is 7.66. The summed E-state index contributed by atoms with van der Waals surface area (Å²) in [5, 5.41) is 3.31. The van der Waals surface area contributed by atoms with Crippen LogP contribution in [-0.4, -0.2) is 81.2 Å². The van der Waals surface area contributed by atoms with Gasteiger partial charge < -0.3 is 24.8 Å². The molecule has 2 fully saturated rings. The fourth-order valence-electron chi connectivity index (χ4n) is 3.72. The number of halogens is 2. The van der Waals surface area contributed by atoms with E-state index in [0.29, 0.717) is 31.9 Å². The summed E-state index contributed by atoms with van der Waals surface area (Å²) in [5.74, 6) is 0.670. The maximum absolute atomic E-state index is 14.2. The Morgan fingerprint density at radius 1 is 1.27 bits per heavy atom. The number of rotatable bonds is 5. The predicted molar refractivity (Wildman–Crippen MR) is 128 cm³/mol. The van der Waals surface area contributed by atoms with Crippen LogP contribution in [0.3, 0.4) is 0 Å². The van der Waals surface area contributed by atoms with Crippen LogP contribution in [0.5, 0.6) is 0 Å². The van der Waals surface area contributed by atoms with Gasteiger partial charge in [-0.3, -0.25) is 4.79 Å². The molecule has 30 heavy (non-hydrogen) atoms. The van der Waals surface area contributed by atoms with Crippen molar-refractivity contribution in [2.75, 3.05) is 58.3 Å². The number of guanidine groups is 1. The van der Waals surface area contributed by atoms with Crippen molar-refractivity contribution >= 4 is 41.5 Å². The number of aliphatic imine (C=N–C) groups is 1. The molecule has 0 spiro atoms. The average Bonchev–Trinajstić information content (AvgIpc) is 3.25. The van der Waals surface area contributed by atoms with Crippen molar-refractivity contribution < 1.29 is 13.9 Å². The molecule has 0 saturated carbocycles. The van der Waals surface area contributed by atoms with Crippen molar-refractivity contribution in [2.45, 2.75) is 32.4 Å². The molecule has 0 aliphatic carbocycles. The lowest BCUT2D eigenvalue weighted by atomic mass is 10.2. The van der Waals surface area contributed by atoms with Crippen LogP contribution in [0.25, 0.3) is 0 Å². The molecule has 2 heterocycles. The zero-order valence-corrected chi connectivity index (χ0v) is 20.4. The van der Waals surface area contributed by atoms with Gasteiger partial charge in [-0.25, -0.2) is 9.38 Å². The third kappa shape index (κ3) is 6.19. The molecule has 1 amide bonds. The molecule has 0 aromatic heterocycles. The monoisotopic (exact) mass is 533 g/mol. The molecule has 1 N–H and O–H groups in total. The van der Waals surface area contributed by atoms with E-state index < -0.39 is 0 Å². The Bertz CT molecular complexity index is 732. The molecular weight excluding hydrogens is 500 g/mol. The van der Waals surface area contributed by atoms with E-state index in [-0.39, 0.29) is 41.8 Å². The van der Waals surface area contributed by atoms with Crippen molar-refractivity contribution in [1.82, 2.24) is 15.1 Å². The lowest BCUT2D eigenvalue weighted by Crippen LogP contribution is -2.55. The number of nitrogens with one attached hydrogen (secondary N) is 1. The summed E-state index contributed by atoms with van der Waals surface area (Å²) in [6.07, 6.45) is 1.53. The number of carbonyl (C=O) groups excluding carboxylic acids is 1. The lowest BCUT2D eigenvalue weighted by Gasteiger charge is -2.37. The zero-order valence-electron chi connectivity index (χ0n) is 18.1. The standard InChI is InChI=1S/C21H32FN5O2.HI/c1-4-23-21(24-15-16-7-8-18(25(2)3)17(22)14-16)27-11-9-26(10-12-27)20(28)19-6-5-13-29-19;/h7-8,14,19H,4-6,9-13,15H2,1-3H3,(H,23,24);1H. The molecule has 1 aromatic carbocycles. The molecule has 2 saturated heterocycles. The van der Waals surface area contributed by atoms with Crippen LogP contribution in [0.1, 0.15) is 25.3 Å². The van der Waals surface area contributed by atoms with Crippen LogP contribution in [-0.2, 0) is 16.1 Å². The Morgan fingerprint density at radius 3 is 2.53 bits per heavy atom. The highest BCUT2D eigenvalue weighted by Gasteiger charge is 2.30. The summed E-state index contributed by atoms with van der Waals surface area (Å²) in [6.45, 7) is 6.63. The van der Waals surface area contributed by atoms with Crippen molar-refractivity contribution in [3.63, 3.8) is 0 Å². The second-order valence-corrected chi connectivity index (χ2v) is 7.66. The fourth-order valence-corrected chi connectivity index (χ4v) is 3.72. The summed E-state index contributed by atoms with van der Waals surface area (Å²) < 4.78 is 19.7. The molecule has 2 aliphatic rings. The number of piperazine rings is 1. The highest BCUT2D eigenvalue weighted by molar-refractivity contribution is 14.0. The van der Waals surface area contributed by atoms with Crippen LogP contribution >= 0.6 is 24.0 Å². The van der Waals surface area contributed by atoms with Gasteiger partial charge in [0.25, 0.3) is 5.91 Å². The molecule has 0 radical (unpaired) electrons. The first-order valence-electron chi connectivity index (χ1n) is 10.4. The van der Waals surface area contributed by atoms with E-state index in [2.05, 4.69) is 10.2 Å². The summed E-state index contributed by atoms with van der Waals surface area (Å²) in [7, 11) is 3.64. The smallest absolute Gasteiger partial charge is 0.251 e. The average molecular weight is 533 g/mol. The summed E-state index contributed by atoms with van der Waals surface area (Å²) >= 11 is 0. The number of ether oxygens (including phenoxy) is 1. The molecule has 1 unspecified atom stereocenters. The van der Waals surface area contributed by atoms with Gasteiger partial charge in [-0.2, -0.15) is 0 Å². The van der Waals surface area contributed by atoms with Gasteiger partial charge in [-0.15, -0.1) is 24.0 Å². The Labute approximate surface area is 195 Å². The van der Waals surface area contributed by atoms with Gasteiger partial charge in [0.15, 0.2) is 5.96 Å². The van der Waals surface area contributed by atoms with Crippen molar-refractivity contribution in [3.8, 4) is 0 Å². The first-order chi connectivity index (χ1) is 14.0. The molecule has 9 heteroatoms. The second kappa shape index (κ2) is 11.7. The van der Waals surface area contributed by atoms with E-state index in [1.807, 2.05) is 32.0 Å². The van der Waals surface area contributed by atoms with Crippen LogP contribution in [0, 0.1) is 5.82 Å². The third-order valence-electron chi connectivity index (χ3n) is 5.34. The molecule has 0 bridgehead atoms. The number of anilines is 1. The van der Waals surface area contributed by atoms with Gasteiger partial charge in [0.05, 0.1) is 12.2 Å². The number of hydrogen-bond donors (Lipinski definition) is 1. The highest BCUT2D eigenvalue weighted by atomic mass is 127. The number of benzene rings is 1.